The average molecular weight is 329 g/mol. The monoisotopic (exact) mass is 329 g/mol. The molecule has 0 saturated carbocycles. The minimum Gasteiger partial charge on any atom is -0.387 e. The van der Waals surface area contributed by atoms with Crippen LogP contribution in [0.4, 0.5) is 0 Å². The number of aryl methyl sites for hydroxylation is 3. The molecule has 2 N–H and O–H groups in total. The van der Waals surface area contributed by atoms with Crippen molar-refractivity contribution in [1.29, 1.82) is 0 Å². The van der Waals surface area contributed by atoms with E-state index in [1.165, 1.54) is 0 Å². The molecule has 24 heavy (non-hydrogen) atoms. The fraction of sp³-hybridized carbons (Fsp3) is 0.474. The van der Waals surface area contributed by atoms with Crippen molar-refractivity contribution in [3.63, 3.8) is 0 Å². The van der Waals surface area contributed by atoms with Gasteiger partial charge in [0.25, 0.3) is 0 Å². The molecule has 2 unspecified atom stereocenters. The molecule has 0 bridgehead atoms. The van der Waals surface area contributed by atoms with Gasteiger partial charge in [0.05, 0.1) is 11.8 Å². The molecule has 0 aliphatic rings. The molecular formula is C19H27N3O2. The van der Waals surface area contributed by atoms with Gasteiger partial charge in [-0.25, -0.2) is 0 Å². The fourth-order valence-corrected chi connectivity index (χ4v) is 2.95. The molecule has 2 aromatic rings. The molecule has 1 aromatic heterocycles. The molecule has 0 radical (unpaired) electrons. The second kappa shape index (κ2) is 7.62. The molecule has 1 aromatic carbocycles. The van der Waals surface area contributed by atoms with Crippen LogP contribution in [-0.4, -0.2) is 27.3 Å². The maximum absolute atomic E-state index is 12.3. The van der Waals surface area contributed by atoms with Gasteiger partial charge in [0.2, 0.25) is 5.91 Å². The first kappa shape index (κ1) is 18.2. The normalized spacial score (nSPS) is 13.6. The number of carbonyl (C=O) groups excluding carboxylic acids is 1. The Hall–Kier alpha value is -2.14. The van der Waals surface area contributed by atoms with E-state index in [-0.39, 0.29) is 18.4 Å². The largest absolute Gasteiger partial charge is 0.387 e. The van der Waals surface area contributed by atoms with E-state index < -0.39 is 6.10 Å². The Morgan fingerprint density at radius 3 is 2.54 bits per heavy atom. The SMILES string of the molecule is Cc1ccccc1C(O)CNC(=O)C(C)Cc1c(C)nn(C)c1C. The number of nitrogens with zero attached hydrogens (tertiary/aromatic N) is 2. The van der Waals surface area contributed by atoms with Crippen LogP contribution in [-0.2, 0) is 18.3 Å². The first-order valence-corrected chi connectivity index (χ1v) is 8.31. The number of aliphatic hydroxyl groups is 1. The molecule has 1 amide bonds. The van der Waals surface area contributed by atoms with E-state index >= 15 is 0 Å². The summed E-state index contributed by atoms with van der Waals surface area (Å²) in [5.41, 5.74) is 5.06. The number of aromatic nitrogens is 2. The zero-order chi connectivity index (χ0) is 17.9. The number of nitrogens with one attached hydrogen (secondary N) is 1. The lowest BCUT2D eigenvalue weighted by Gasteiger charge is -2.17. The molecule has 5 nitrogen and oxygen atoms in total. The van der Waals surface area contributed by atoms with Gasteiger partial charge in [0, 0.05) is 25.2 Å². The summed E-state index contributed by atoms with van der Waals surface area (Å²) in [4.78, 5) is 12.3. The van der Waals surface area contributed by atoms with Crippen molar-refractivity contribution in [1.82, 2.24) is 15.1 Å². The highest BCUT2D eigenvalue weighted by molar-refractivity contribution is 5.78. The van der Waals surface area contributed by atoms with E-state index in [1.54, 1.807) is 0 Å². The van der Waals surface area contributed by atoms with Crippen molar-refractivity contribution in [2.45, 2.75) is 40.2 Å². The summed E-state index contributed by atoms with van der Waals surface area (Å²) in [5, 5.41) is 17.5. The highest BCUT2D eigenvalue weighted by Gasteiger charge is 2.19. The first-order chi connectivity index (χ1) is 11.3. The molecule has 0 aliphatic heterocycles. The maximum Gasteiger partial charge on any atom is 0.223 e. The molecule has 0 aliphatic carbocycles. The lowest BCUT2D eigenvalue weighted by molar-refractivity contribution is -0.124. The third kappa shape index (κ3) is 4.03. The van der Waals surface area contributed by atoms with Crippen molar-refractivity contribution < 1.29 is 9.90 Å². The molecular weight excluding hydrogens is 302 g/mol. The Morgan fingerprint density at radius 1 is 1.29 bits per heavy atom. The summed E-state index contributed by atoms with van der Waals surface area (Å²) >= 11 is 0. The number of hydrogen-bond donors (Lipinski definition) is 2. The summed E-state index contributed by atoms with van der Waals surface area (Å²) in [7, 11) is 1.91. The highest BCUT2D eigenvalue weighted by Crippen LogP contribution is 2.18. The second-order valence-electron chi connectivity index (χ2n) is 6.50. The summed E-state index contributed by atoms with van der Waals surface area (Å²) in [6, 6.07) is 7.67. The van der Waals surface area contributed by atoms with Crippen molar-refractivity contribution in [3.05, 3.63) is 52.3 Å². The third-order valence-electron chi connectivity index (χ3n) is 4.63. The predicted molar refractivity (Wildman–Crippen MR) is 94.7 cm³/mol. The minimum atomic E-state index is -0.691. The summed E-state index contributed by atoms with van der Waals surface area (Å²) in [6.45, 7) is 8.06. The fourth-order valence-electron chi connectivity index (χ4n) is 2.95. The van der Waals surface area contributed by atoms with E-state index in [4.69, 9.17) is 0 Å². The second-order valence-corrected chi connectivity index (χ2v) is 6.50. The van der Waals surface area contributed by atoms with Gasteiger partial charge in [-0.3, -0.25) is 9.48 Å². The Kier molecular flexibility index (Phi) is 5.78. The molecule has 130 valence electrons. The molecule has 1 heterocycles. The lowest BCUT2D eigenvalue weighted by atomic mass is 9.98. The number of benzene rings is 1. The van der Waals surface area contributed by atoms with Crippen LogP contribution in [0.1, 0.15) is 41.1 Å². The minimum absolute atomic E-state index is 0.0507. The van der Waals surface area contributed by atoms with Crippen LogP contribution in [0.25, 0.3) is 0 Å². The topological polar surface area (TPSA) is 67.2 Å². The van der Waals surface area contributed by atoms with Gasteiger partial charge in [-0.05, 0) is 43.9 Å². The van der Waals surface area contributed by atoms with Crippen LogP contribution in [0.3, 0.4) is 0 Å². The Labute approximate surface area is 143 Å². The molecule has 0 spiro atoms. The van der Waals surface area contributed by atoms with Crippen molar-refractivity contribution in [2.75, 3.05) is 6.54 Å². The summed E-state index contributed by atoms with van der Waals surface area (Å²) in [5.74, 6) is -0.221. The standard InChI is InChI=1S/C19H27N3O2/c1-12-8-6-7-9-16(12)18(23)11-20-19(24)13(2)10-17-14(3)21-22(5)15(17)4/h6-9,13,18,23H,10-11H2,1-5H3,(H,20,24). The van der Waals surface area contributed by atoms with Gasteiger partial charge in [-0.1, -0.05) is 31.2 Å². The number of rotatable bonds is 6. The van der Waals surface area contributed by atoms with Crippen LogP contribution in [0.5, 0.6) is 0 Å². The van der Waals surface area contributed by atoms with Crippen molar-refractivity contribution >= 4 is 5.91 Å². The molecule has 0 saturated heterocycles. The first-order valence-electron chi connectivity index (χ1n) is 8.31. The van der Waals surface area contributed by atoms with Crippen LogP contribution >= 0.6 is 0 Å². The Bertz CT molecular complexity index is 721. The van der Waals surface area contributed by atoms with Crippen molar-refractivity contribution in [3.8, 4) is 0 Å². The molecule has 2 rings (SSSR count). The van der Waals surface area contributed by atoms with Gasteiger partial charge in [0.1, 0.15) is 0 Å². The number of amides is 1. The lowest BCUT2D eigenvalue weighted by Crippen LogP contribution is -2.33. The van der Waals surface area contributed by atoms with E-state index in [9.17, 15) is 9.90 Å². The molecule has 0 fully saturated rings. The van der Waals surface area contributed by atoms with Crippen LogP contribution in [0, 0.1) is 26.7 Å². The van der Waals surface area contributed by atoms with Gasteiger partial charge >= 0.3 is 0 Å². The van der Waals surface area contributed by atoms with Gasteiger partial charge < -0.3 is 10.4 Å². The van der Waals surface area contributed by atoms with E-state index in [0.29, 0.717) is 6.42 Å². The molecule has 5 heteroatoms. The van der Waals surface area contributed by atoms with Crippen molar-refractivity contribution in [2.24, 2.45) is 13.0 Å². The Morgan fingerprint density at radius 2 is 1.96 bits per heavy atom. The Balaban J connectivity index is 1.93. The summed E-state index contributed by atoms with van der Waals surface area (Å²) in [6.07, 6.45) is -0.0399. The van der Waals surface area contributed by atoms with E-state index in [0.717, 1.165) is 28.1 Å². The van der Waals surface area contributed by atoms with Crippen LogP contribution in [0.15, 0.2) is 24.3 Å². The third-order valence-corrected chi connectivity index (χ3v) is 4.63. The van der Waals surface area contributed by atoms with Gasteiger partial charge in [0.15, 0.2) is 0 Å². The quantitative estimate of drug-likeness (QED) is 0.855. The highest BCUT2D eigenvalue weighted by atomic mass is 16.3. The van der Waals surface area contributed by atoms with E-state index in [1.807, 2.05) is 63.7 Å². The summed E-state index contributed by atoms with van der Waals surface area (Å²) < 4.78 is 1.84. The van der Waals surface area contributed by atoms with Crippen LogP contribution in [0.2, 0.25) is 0 Å². The zero-order valence-electron chi connectivity index (χ0n) is 15.1. The zero-order valence-corrected chi connectivity index (χ0v) is 15.1. The van der Waals surface area contributed by atoms with Gasteiger partial charge in [-0.2, -0.15) is 5.10 Å². The number of carbonyl (C=O) groups is 1. The smallest absolute Gasteiger partial charge is 0.223 e. The average Bonchev–Trinajstić information content (AvgIpc) is 2.79. The van der Waals surface area contributed by atoms with Crippen LogP contribution < -0.4 is 5.32 Å². The molecule has 2 atom stereocenters. The number of hydrogen-bond acceptors (Lipinski definition) is 3. The van der Waals surface area contributed by atoms with Gasteiger partial charge in [-0.15, -0.1) is 0 Å². The number of aliphatic hydroxyl groups excluding tert-OH is 1. The van der Waals surface area contributed by atoms with E-state index in [2.05, 4.69) is 10.4 Å². The maximum atomic E-state index is 12.3. The predicted octanol–water partition coefficient (Wildman–Crippen LogP) is 2.37.